The Kier molecular flexibility index (Phi) is 5.59. The number of amides is 3. The van der Waals surface area contributed by atoms with Crippen LogP contribution in [0.2, 0.25) is 0 Å². The van der Waals surface area contributed by atoms with Crippen LogP contribution in [0.4, 0.5) is 4.79 Å². The summed E-state index contributed by atoms with van der Waals surface area (Å²) < 4.78 is 15.5. The van der Waals surface area contributed by atoms with Crippen molar-refractivity contribution in [2.24, 2.45) is 0 Å². The number of rotatable bonds is 7. The van der Waals surface area contributed by atoms with E-state index in [2.05, 4.69) is 15.5 Å². The van der Waals surface area contributed by atoms with E-state index in [0.717, 1.165) is 4.90 Å². The maximum absolute atomic E-state index is 12.9. The number of benzene rings is 2. The second kappa shape index (κ2) is 8.50. The lowest BCUT2D eigenvalue weighted by Gasteiger charge is -2.21. The number of urea groups is 1. The van der Waals surface area contributed by atoms with Gasteiger partial charge in [0.2, 0.25) is 5.82 Å². The van der Waals surface area contributed by atoms with Crippen LogP contribution in [-0.2, 0) is 26.5 Å². The highest BCUT2D eigenvalue weighted by Gasteiger charge is 2.49. The van der Waals surface area contributed by atoms with E-state index in [-0.39, 0.29) is 18.3 Å². The first-order valence-electron chi connectivity index (χ1n) is 9.73. The van der Waals surface area contributed by atoms with Crippen LogP contribution >= 0.6 is 0 Å². The number of hydrogen-bond donors (Lipinski definition) is 1. The van der Waals surface area contributed by atoms with Gasteiger partial charge in [-0.25, -0.2) is 4.79 Å². The summed E-state index contributed by atoms with van der Waals surface area (Å²) in [5, 5.41) is 6.50. The molecule has 10 nitrogen and oxygen atoms in total. The highest BCUT2D eigenvalue weighted by atomic mass is 16.6. The van der Waals surface area contributed by atoms with E-state index in [1.54, 1.807) is 55.5 Å². The summed E-state index contributed by atoms with van der Waals surface area (Å²) in [6, 6.07) is 15.3. The third kappa shape index (κ3) is 3.89. The summed E-state index contributed by atoms with van der Waals surface area (Å²) in [6.45, 7) is 0.743. The molecule has 164 valence electrons. The predicted molar refractivity (Wildman–Crippen MR) is 110 cm³/mol. The number of aromatic nitrogens is 2. The van der Waals surface area contributed by atoms with Crippen molar-refractivity contribution in [3.8, 4) is 17.1 Å². The average molecular weight is 436 g/mol. The average Bonchev–Trinajstić information content (AvgIpc) is 3.37. The van der Waals surface area contributed by atoms with Gasteiger partial charge >= 0.3 is 12.0 Å². The summed E-state index contributed by atoms with van der Waals surface area (Å²) in [7, 11) is 1.53. The molecule has 1 saturated heterocycles. The molecule has 1 fully saturated rings. The van der Waals surface area contributed by atoms with Gasteiger partial charge in [0.25, 0.3) is 11.8 Å². The first-order chi connectivity index (χ1) is 15.4. The summed E-state index contributed by atoms with van der Waals surface area (Å²) in [6.07, 6.45) is 0. The lowest BCUT2D eigenvalue weighted by Crippen LogP contribution is -2.41. The highest BCUT2D eigenvalue weighted by molar-refractivity contribution is 6.08. The Morgan fingerprint density at radius 2 is 1.84 bits per heavy atom. The summed E-state index contributed by atoms with van der Waals surface area (Å²) in [5.74, 6) is -0.423. The lowest BCUT2D eigenvalue weighted by molar-refractivity contribution is -0.149. The van der Waals surface area contributed by atoms with Crippen molar-refractivity contribution in [2.75, 3.05) is 13.7 Å². The summed E-state index contributed by atoms with van der Waals surface area (Å²) in [4.78, 5) is 42.5. The molecule has 1 atom stereocenters. The van der Waals surface area contributed by atoms with Gasteiger partial charge in [-0.1, -0.05) is 47.6 Å². The molecule has 0 saturated carbocycles. The molecule has 0 radical (unpaired) electrons. The minimum atomic E-state index is -1.26. The van der Waals surface area contributed by atoms with Gasteiger partial charge in [-0.15, -0.1) is 0 Å². The van der Waals surface area contributed by atoms with Crippen LogP contribution < -0.4 is 10.1 Å². The van der Waals surface area contributed by atoms with E-state index in [0.29, 0.717) is 16.9 Å². The Hall–Kier alpha value is -4.21. The molecule has 3 amide bonds. The number of hydrogen-bond acceptors (Lipinski definition) is 8. The van der Waals surface area contributed by atoms with Gasteiger partial charge in [-0.05, 0) is 24.6 Å². The molecular weight excluding hydrogens is 416 g/mol. The lowest BCUT2D eigenvalue weighted by atomic mass is 9.92. The number of nitrogens with one attached hydrogen (secondary N) is 1. The monoisotopic (exact) mass is 436 g/mol. The Morgan fingerprint density at radius 1 is 1.12 bits per heavy atom. The SMILES string of the molecule is COc1ccccc1-c1noc(COC(=O)CN2C(=O)N[C@](C)(c3ccccc3)C2=O)n1. The predicted octanol–water partition coefficient (Wildman–Crippen LogP) is 2.26. The maximum Gasteiger partial charge on any atom is 0.326 e. The summed E-state index contributed by atoms with van der Waals surface area (Å²) >= 11 is 0. The molecule has 32 heavy (non-hydrogen) atoms. The molecule has 0 unspecified atom stereocenters. The van der Waals surface area contributed by atoms with Crippen molar-refractivity contribution in [2.45, 2.75) is 19.1 Å². The molecule has 0 aliphatic carbocycles. The number of nitrogens with zero attached hydrogens (tertiary/aromatic N) is 3. The molecule has 4 rings (SSSR count). The zero-order chi connectivity index (χ0) is 22.7. The first-order valence-corrected chi connectivity index (χ1v) is 9.73. The van der Waals surface area contributed by atoms with Crippen molar-refractivity contribution < 1.29 is 28.4 Å². The number of para-hydroxylation sites is 1. The molecule has 1 aromatic heterocycles. The molecule has 3 aromatic rings. The van der Waals surface area contributed by atoms with Gasteiger partial charge in [0, 0.05) is 0 Å². The van der Waals surface area contributed by atoms with Crippen LogP contribution in [-0.4, -0.2) is 46.6 Å². The maximum atomic E-state index is 12.9. The van der Waals surface area contributed by atoms with Gasteiger partial charge in [0.05, 0.1) is 12.7 Å². The van der Waals surface area contributed by atoms with E-state index in [4.69, 9.17) is 14.0 Å². The van der Waals surface area contributed by atoms with Crippen LogP contribution in [0.3, 0.4) is 0 Å². The second-order valence-electron chi connectivity index (χ2n) is 7.19. The van der Waals surface area contributed by atoms with E-state index >= 15 is 0 Å². The molecule has 1 N–H and O–H groups in total. The molecule has 2 heterocycles. The van der Waals surface area contributed by atoms with Crippen molar-refractivity contribution in [3.05, 3.63) is 66.1 Å². The van der Waals surface area contributed by atoms with E-state index in [9.17, 15) is 14.4 Å². The smallest absolute Gasteiger partial charge is 0.326 e. The van der Waals surface area contributed by atoms with Crippen molar-refractivity contribution >= 4 is 17.9 Å². The largest absolute Gasteiger partial charge is 0.496 e. The molecular formula is C22H20N4O6. The third-order valence-corrected chi connectivity index (χ3v) is 5.09. The quantitative estimate of drug-likeness (QED) is 0.442. The van der Waals surface area contributed by atoms with E-state index < -0.39 is 30.0 Å². The fraction of sp³-hybridized carbons (Fsp3) is 0.227. The Labute approximate surface area is 183 Å². The van der Waals surface area contributed by atoms with Gasteiger partial charge < -0.3 is 19.3 Å². The van der Waals surface area contributed by atoms with Gasteiger partial charge in [-0.2, -0.15) is 4.98 Å². The normalized spacial score (nSPS) is 17.9. The van der Waals surface area contributed by atoms with E-state index in [1.165, 1.54) is 7.11 Å². The van der Waals surface area contributed by atoms with Crippen molar-refractivity contribution in [1.82, 2.24) is 20.4 Å². The Bertz CT molecular complexity index is 1160. The summed E-state index contributed by atoms with van der Waals surface area (Å²) in [5.41, 5.74) is -0.0193. The van der Waals surface area contributed by atoms with Crippen LogP contribution in [0.15, 0.2) is 59.1 Å². The first kappa shape index (κ1) is 21.0. The zero-order valence-corrected chi connectivity index (χ0v) is 17.4. The Morgan fingerprint density at radius 3 is 2.59 bits per heavy atom. The van der Waals surface area contributed by atoms with Gasteiger partial charge in [0.15, 0.2) is 6.61 Å². The Balaban J connectivity index is 1.38. The minimum Gasteiger partial charge on any atom is -0.496 e. The van der Waals surface area contributed by atoms with Gasteiger partial charge in [0.1, 0.15) is 17.8 Å². The molecule has 10 heteroatoms. The van der Waals surface area contributed by atoms with Crippen LogP contribution in [0.25, 0.3) is 11.4 Å². The zero-order valence-electron chi connectivity index (χ0n) is 17.4. The molecule has 1 aliphatic rings. The molecule has 0 bridgehead atoms. The number of esters is 1. The molecule has 1 aliphatic heterocycles. The van der Waals surface area contributed by atoms with Crippen LogP contribution in [0, 0.1) is 0 Å². The van der Waals surface area contributed by atoms with E-state index in [1.807, 2.05) is 6.07 Å². The number of carbonyl (C=O) groups excluding carboxylic acids is 3. The third-order valence-electron chi connectivity index (χ3n) is 5.09. The van der Waals surface area contributed by atoms with Crippen LogP contribution in [0.5, 0.6) is 5.75 Å². The van der Waals surface area contributed by atoms with Crippen LogP contribution in [0.1, 0.15) is 18.4 Å². The minimum absolute atomic E-state index is 0.0607. The number of imide groups is 1. The second-order valence-corrected chi connectivity index (χ2v) is 7.19. The standard InChI is InChI=1S/C22H20N4O6/c1-22(14-8-4-3-5-9-14)20(28)26(21(29)24-22)12-18(27)31-13-17-23-19(25-32-17)15-10-6-7-11-16(15)30-2/h3-11H,12-13H2,1-2H3,(H,24,29)/t22-/m1/s1. The fourth-order valence-corrected chi connectivity index (χ4v) is 3.38. The molecule has 2 aromatic carbocycles. The van der Waals surface area contributed by atoms with Crippen molar-refractivity contribution in [3.63, 3.8) is 0 Å². The number of ether oxygens (including phenoxy) is 2. The molecule has 0 spiro atoms. The highest BCUT2D eigenvalue weighted by Crippen LogP contribution is 2.29. The number of carbonyl (C=O) groups is 3. The van der Waals surface area contributed by atoms with Crippen molar-refractivity contribution in [1.29, 1.82) is 0 Å². The topological polar surface area (TPSA) is 124 Å². The number of methoxy groups -OCH3 is 1. The fourth-order valence-electron chi connectivity index (χ4n) is 3.38. The van der Waals surface area contributed by atoms with Gasteiger partial charge in [-0.3, -0.25) is 14.5 Å².